The van der Waals surface area contributed by atoms with Crippen LogP contribution in [0.3, 0.4) is 0 Å². The summed E-state index contributed by atoms with van der Waals surface area (Å²) >= 11 is 1.65. The van der Waals surface area contributed by atoms with E-state index in [4.69, 9.17) is 9.97 Å². The Labute approximate surface area is 166 Å². The second kappa shape index (κ2) is 7.16. The summed E-state index contributed by atoms with van der Waals surface area (Å²) in [6.07, 6.45) is 1.27. The summed E-state index contributed by atoms with van der Waals surface area (Å²) in [7, 11) is 0. The second-order valence-electron chi connectivity index (χ2n) is 6.67. The van der Waals surface area contributed by atoms with Crippen LogP contribution in [0.4, 0.5) is 16.0 Å². The lowest BCUT2D eigenvalue weighted by molar-refractivity contribution is 0.614. The molecule has 0 radical (unpaired) electrons. The largest absolute Gasteiger partial charge is 0.353 e. The van der Waals surface area contributed by atoms with Crippen LogP contribution in [-0.2, 0) is 0 Å². The molecule has 0 atom stereocenters. The van der Waals surface area contributed by atoms with E-state index in [1.165, 1.54) is 12.3 Å². The molecule has 1 aliphatic rings. The van der Waals surface area contributed by atoms with Crippen LogP contribution in [0.25, 0.3) is 21.6 Å². The zero-order chi connectivity index (χ0) is 18.9. The van der Waals surface area contributed by atoms with Gasteiger partial charge in [-0.2, -0.15) is 0 Å². The van der Waals surface area contributed by atoms with Gasteiger partial charge < -0.3 is 9.80 Å². The number of fused-ring (bicyclic) bond motifs is 1. The lowest BCUT2D eigenvalue weighted by atomic mass is 10.2. The number of aromatic nitrogens is 3. The quantitative estimate of drug-likeness (QED) is 0.523. The van der Waals surface area contributed by atoms with Gasteiger partial charge >= 0.3 is 0 Å². The normalized spacial score (nSPS) is 14.6. The molecule has 5 nitrogen and oxygen atoms in total. The monoisotopic (exact) mass is 391 g/mol. The van der Waals surface area contributed by atoms with E-state index in [1.807, 2.05) is 29.6 Å². The highest BCUT2D eigenvalue weighted by atomic mass is 32.1. The molecule has 0 aliphatic carbocycles. The topological polar surface area (TPSA) is 45.2 Å². The number of hydrogen-bond acceptors (Lipinski definition) is 6. The van der Waals surface area contributed by atoms with Crippen LogP contribution in [-0.4, -0.2) is 41.1 Å². The van der Waals surface area contributed by atoms with Gasteiger partial charge in [-0.25, -0.2) is 19.3 Å². The van der Waals surface area contributed by atoms with Crippen molar-refractivity contribution < 1.29 is 4.39 Å². The van der Waals surface area contributed by atoms with Crippen LogP contribution in [0.15, 0.2) is 60.1 Å². The Bertz CT molecular complexity index is 1090. The summed E-state index contributed by atoms with van der Waals surface area (Å²) in [5, 5.41) is 3.11. The Morgan fingerprint density at radius 2 is 1.68 bits per heavy atom. The number of pyridine rings is 1. The lowest BCUT2D eigenvalue weighted by Crippen LogP contribution is -2.47. The molecule has 0 bridgehead atoms. The van der Waals surface area contributed by atoms with Gasteiger partial charge in [-0.15, -0.1) is 11.3 Å². The van der Waals surface area contributed by atoms with Crippen molar-refractivity contribution >= 4 is 33.9 Å². The zero-order valence-corrected chi connectivity index (χ0v) is 15.9. The maximum absolute atomic E-state index is 13.1. The molecule has 1 saturated heterocycles. The van der Waals surface area contributed by atoms with E-state index in [0.717, 1.165) is 59.4 Å². The molecule has 28 heavy (non-hydrogen) atoms. The fraction of sp³-hybridized carbons (Fsp3) is 0.190. The van der Waals surface area contributed by atoms with Gasteiger partial charge in [-0.05, 0) is 35.7 Å². The minimum atomic E-state index is -0.309. The van der Waals surface area contributed by atoms with Crippen molar-refractivity contribution in [1.82, 2.24) is 15.0 Å². The predicted molar refractivity (Wildman–Crippen MR) is 111 cm³/mol. The van der Waals surface area contributed by atoms with Crippen LogP contribution in [0.5, 0.6) is 0 Å². The number of benzene rings is 1. The first kappa shape index (κ1) is 17.1. The number of hydrogen-bond donors (Lipinski definition) is 0. The van der Waals surface area contributed by atoms with Gasteiger partial charge in [0.05, 0.1) is 16.6 Å². The zero-order valence-electron chi connectivity index (χ0n) is 15.1. The summed E-state index contributed by atoms with van der Waals surface area (Å²) in [6.45, 7) is 3.27. The fourth-order valence-corrected chi connectivity index (χ4v) is 4.18. The number of nitrogens with zero attached hydrogens (tertiary/aromatic N) is 5. The fourth-order valence-electron chi connectivity index (χ4n) is 3.52. The molecule has 0 amide bonds. The number of halogens is 1. The highest BCUT2D eigenvalue weighted by Gasteiger charge is 2.22. The first-order valence-corrected chi connectivity index (χ1v) is 10.1. The first-order chi connectivity index (χ1) is 13.8. The highest BCUT2D eigenvalue weighted by Crippen LogP contribution is 2.30. The Morgan fingerprint density at radius 3 is 2.43 bits per heavy atom. The Morgan fingerprint density at radius 1 is 0.857 bits per heavy atom. The Kier molecular flexibility index (Phi) is 4.37. The number of piperazine rings is 1. The number of rotatable bonds is 3. The number of thiophene rings is 1. The molecular formula is C21H18FN5S. The summed E-state index contributed by atoms with van der Waals surface area (Å²) in [5.41, 5.74) is 0.957. The molecule has 7 heteroatoms. The van der Waals surface area contributed by atoms with Gasteiger partial charge in [-0.3, -0.25) is 0 Å². The van der Waals surface area contributed by atoms with Crippen molar-refractivity contribution in [1.29, 1.82) is 0 Å². The third kappa shape index (κ3) is 3.18. The number of anilines is 2. The summed E-state index contributed by atoms with van der Waals surface area (Å²) < 4.78 is 13.1. The van der Waals surface area contributed by atoms with Gasteiger partial charge in [0.25, 0.3) is 0 Å². The van der Waals surface area contributed by atoms with Crippen LogP contribution in [0.1, 0.15) is 0 Å². The smallest absolute Gasteiger partial charge is 0.172 e. The molecule has 0 saturated carbocycles. The summed E-state index contributed by atoms with van der Waals surface area (Å²) in [6, 6.07) is 15.4. The van der Waals surface area contributed by atoms with E-state index in [2.05, 4.69) is 26.9 Å². The molecule has 1 fully saturated rings. The van der Waals surface area contributed by atoms with E-state index < -0.39 is 0 Å². The Hall–Kier alpha value is -3.06. The predicted octanol–water partition coefficient (Wildman–Crippen LogP) is 4.22. The minimum absolute atomic E-state index is 0.309. The molecule has 1 aromatic carbocycles. The van der Waals surface area contributed by atoms with Gasteiger partial charge in [0.15, 0.2) is 5.82 Å². The first-order valence-electron chi connectivity index (χ1n) is 9.20. The molecule has 4 aromatic rings. The molecule has 0 spiro atoms. The third-order valence-corrected chi connectivity index (χ3v) is 5.81. The molecule has 0 unspecified atom stereocenters. The highest BCUT2D eigenvalue weighted by molar-refractivity contribution is 7.13. The molecule has 5 rings (SSSR count). The van der Waals surface area contributed by atoms with Gasteiger partial charge in [-0.1, -0.05) is 18.2 Å². The van der Waals surface area contributed by atoms with Gasteiger partial charge in [0.1, 0.15) is 17.5 Å². The minimum Gasteiger partial charge on any atom is -0.353 e. The van der Waals surface area contributed by atoms with E-state index in [-0.39, 0.29) is 5.82 Å². The van der Waals surface area contributed by atoms with Crippen molar-refractivity contribution in [2.75, 3.05) is 36.0 Å². The maximum atomic E-state index is 13.1. The molecule has 4 heterocycles. The summed E-state index contributed by atoms with van der Waals surface area (Å²) in [5.74, 6) is 2.25. The molecule has 140 valence electrons. The summed E-state index contributed by atoms with van der Waals surface area (Å²) in [4.78, 5) is 19.4. The van der Waals surface area contributed by atoms with Crippen LogP contribution >= 0.6 is 11.3 Å². The SMILES string of the molecule is Fc1ccc(N2CCN(c3nc(-c4cccs4)nc4ccccc34)CC2)nc1. The van der Waals surface area contributed by atoms with Gasteiger partial charge in [0, 0.05) is 31.6 Å². The second-order valence-corrected chi connectivity index (χ2v) is 7.62. The maximum Gasteiger partial charge on any atom is 0.172 e. The number of para-hydroxylation sites is 1. The lowest BCUT2D eigenvalue weighted by Gasteiger charge is -2.36. The molecular weight excluding hydrogens is 373 g/mol. The van der Waals surface area contributed by atoms with Crippen molar-refractivity contribution in [2.45, 2.75) is 0 Å². The van der Waals surface area contributed by atoms with E-state index in [9.17, 15) is 4.39 Å². The van der Waals surface area contributed by atoms with Crippen molar-refractivity contribution in [2.24, 2.45) is 0 Å². The third-order valence-electron chi connectivity index (χ3n) is 4.94. The van der Waals surface area contributed by atoms with E-state index in [0.29, 0.717) is 0 Å². The van der Waals surface area contributed by atoms with Crippen molar-refractivity contribution in [3.63, 3.8) is 0 Å². The Balaban J connectivity index is 1.45. The van der Waals surface area contributed by atoms with Crippen LogP contribution in [0.2, 0.25) is 0 Å². The standard InChI is InChI=1S/C21H18FN5S/c22-15-7-8-19(23-14-15)26-9-11-27(12-10-26)21-16-4-1-2-5-17(16)24-20(25-21)18-6-3-13-28-18/h1-8,13-14H,9-12H2. The van der Waals surface area contributed by atoms with Crippen molar-refractivity contribution in [3.8, 4) is 10.7 Å². The van der Waals surface area contributed by atoms with E-state index >= 15 is 0 Å². The molecule has 3 aromatic heterocycles. The van der Waals surface area contributed by atoms with Crippen LogP contribution < -0.4 is 9.80 Å². The molecule has 1 aliphatic heterocycles. The average molecular weight is 391 g/mol. The average Bonchev–Trinajstić information content (AvgIpc) is 3.29. The molecule has 0 N–H and O–H groups in total. The van der Waals surface area contributed by atoms with E-state index in [1.54, 1.807) is 17.4 Å². The van der Waals surface area contributed by atoms with Crippen LogP contribution in [0, 0.1) is 5.82 Å². The van der Waals surface area contributed by atoms with Crippen molar-refractivity contribution in [3.05, 3.63) is 65.9 Å². The van der Waals surface area contributed by atoms with Gasteiger partial charge in [0.2, 0.25) is 0 Å².